The summed E-state index contributed by atoms with van der Waals surface area (Å²) in [4.78, 5) is 13.5. The van der Waals surface area contributed by atoms with Crippen molar-refractivity contribution in [1.29, 1.82) is 0 Å². The summed E-state index contributed by atoms with van der Waals surface area (Å²) >= 11 is 0. The van der Waals surface area contributed by atoms with E-state index in [1.54, 1.807) is 20.8 Å². The molecule has 0 atom stereocenters. The number of nitrogens with zero attached hydrogens (tertiary/aromatic N) is 1. The molecule has 0 aliphatic rings. The molecule has 0 aromatic carbocycles. The third-order valence-corrected chi connectivity index (χ3v) is 0.628. The topological polar surface area (TPSA) is 30.7 Å². The maximum atomic E-state index is 10.6. The summed E-state index contributed by atoms with van der Waals surface area (Å²) in [6, 6.07) is 0. The van der Waals surface area contributed by atoms with Crippen LogP contribution in [0.3, 0.4) is 0 Å². The van der Waals surface area contributed by atoms with Gasteiger partial charge in [0.2, 0.25) is 0 Å². The van der Waals surface area contributed by atoms with E-state index in [4.69, 9.17) is 11.3 Å². The van der Waals surface area contributed by atoms with Gasteiger partial charge in [-0.25, -0.2) is 11.4 Å². The van der Waals surface area contributed by atoms with Gasteiger partial charge in [0.1, 0.15) is 5.60 Å². The Bertz CT molecular complexity index is 166. The first-order valence-corrected chi connectivity index (χ1v) is 3.01. The van der Waals surface area contributed by atoms with Gasteiger partial charge in [-0.2, -0.15) is 0 Å². The van der Waals surface area contributed by atoms with E-state index in [-0.39, 0.29) is 57.9 Å². The molecule has 0 N–H and O–H groups in total. The van der Waals surface area contributed by atoms with E-state index < -0.39 is 11.6 Å². The zero-order valence-electron chi connectivity index (χ0n) is 7.47. The second-order valence-corrected chi connectivity index (χ2v) is 2.90. The standard InChI is InChI=1S/C7H11NO2.K/c1-7(2,3)10-6(9)5-8-4;/h5H2,1-3H3;. The molecule has 0 rings (SSSR count). The van der Waals surface area contributed by atoms with Crippen LogP contribution in [0, 0.1) is 6.57 Å². The Morgan fingerprint density at radius 2 is 2.00 bits per heavy atom. The molecule has 57 valence electrons. The molecule has 0 fully saturated rings. The second kappa shape index (κ2) is 6.15. The molecule has 0 saturated carbocycles. The Balaban J connectivity index is 0. The predicted molar refractivity (Wildman–Crippen MR) is 43.1 cm³/mol. The van der Waals surface area contributed by atoms with Gasteiger partial charge in [-0.1, -0.05) is 0 Å². The van der Waals surface area contributed by atoms with E-state index in [9.17, 15) is 4.79 Å². The van der Waals surface area contributed by atoms with E-state index in [1.165, 1.54) is 0 Å². The molecule has 4 heteroatoms. The van der Waals surface area contributed by atoms with Crippen molar-refractivity contribution >= 4 is 57.4 Å². The minimum absolute atomic E-state index is 0. The minimum Gasteiger partial charge on any atom is -0.454 e. The molecule has 0 aromatic rings. The molecule has 0 aliphatic carbocycles. The third kappa shape index (κ3) is 10.6. The van der Waals surface area contributed by atoms with Crippen LogP contribution in [0.2, 0.25) is 0 Å². The van der Waals surface area contributed by atoms with E-state index >= 15 is 0 Å². The second-order valence-electron chi connectivity index (χ2n) is 2.90. The molecule has 0 aliphatic heterocycles. The van der Waals surface area contributed by atoms with Gasteiger partial charge in [-0.05, 0) is 20.8 Å². The maximum Gasteiger partial charge on any atom is 0.387 e. The molecular weight excluding hydrogens is 169 g/mol. The number of rotatable bonds is 1. The largest absolute Gasteiger partial charge is 0.454 e. The van der Waals surface area contributed by atoms with Crippen LogP contribution in [0.1, 0.15) is 20.8 Å². The van der Waals surface area contributed by atoms with Crippen LogP contribution in [0.25, 0.3) is 4.85 Å². The summed E-state index contributed by atoms with van der Waals surface area (Å²) in [5, 5.41) is 0. The van der Waals surface area contributed by atoms with Gasteiger partial charge >= 0.3 is 12.5 Å². The Labute approximate surface area is 110 Å². The predicted octanol–water partition coefficient (Wildman–Crippen LogP) is 0.867. The van der Waals surface area contributed by atoms with Crippen molar-refractivity contribution in [3.8, 4) is 0 Å². The number of carbonyl (C=O) groups excluding carboxylic acids is 1. The molecule has 0 unspecified atom stereocenters. The van der Waals surface area contributed by atoms with Gasteiger partial charge in [0.15, 0.2) is 0 Å². The Kier molecular flexibility index (Phi) is 7.91. The molecule has 0 heterocycles. The molecule has 0 bridgehead atoms. The number of hydrogen-bond acceptors (Lipinski definition) is 2. The van der Waals surface area contributed by atoms with Crippen LogP contribution in [-0.2, 0) is 9.53 Å². The molecule has 11 heavy (non-hydrogen) atoms. The summed E-state index contributed by atoms with van der Waals surface area (Å²) in [6.07, 6.45) is 0. The SMILES string of the molecule is [C-]#[N+]CC(=O)OC(C)(C)C.[K]. The molecule has 1 radical (unpaired) electrons. The summed E-state index contributed by atoms with van der Waals surface area (Å²) in [7, 11) is 0. The van der Waals surface area contributed by atoms with Crippen molar-refractivity contribution < 1.29 is 9.53 Å². The van der Waals surface area contributed by atoms with Crippen molar-refractivity contribution in [2.75, 3.05) is 6.54 Å². The van der Waals surface area contributed by atoms with Crippen LogP contribution in [-0.4, -0.2) is 69.5 Å². The fourth-order valence-electron chi connectivity index (χ4n) is 0.438. The summed E-state index contributed by atoms with van der Waals surface area (Å²) < 4.78 is 4.83. The van der Waals surface area contributed by atoms with E-state index in [0.29, 0.717) is 0 Å². The van der Waals surface area contributed by atoms with Crippen molar-refractivity contribution in [3.63, 3.8) is 0 Å². The molecule has 0 spiro atoms. The van der Waals surface area contributed by atoms with Gasteiger partial charge in [-0.15, -0.1) is 0 Å². The van der Waals surface area contributed by atoms with Crippen LogP contribution < -0.4 is 0 Å². The molecular formula is C7H11KNO2. The third-order valence-electron chi connectivity index (χ3n) is 0.628. The van der Waals surface area contributed by atoms with Gasteiger partial charge in [0, 0.05) is 51.4 Å². The first-order chi connectivity index (χ1) is 4.45. The van der Waals surface area contributed by atoms with Crippen LogP contribution in [0.4, 0.5) is 0 Å². The fraction of sp³-hybridized carbons (Fsp3) is 0.714. The number of carbonyl (C=O) groups is 1. The summed E-state index contributed by atoms with van der Waals surface area (Å²) in [5.74, 6) is -0.456. The van der Waals surface area contributed by atoms with E-state index in [0.717, 1.165) is 0 Å². The van der Waals surface area contributed by atoms with Gasteiger partial charge in [-0.3, -0.25) is 0 Å². The first-order valence-electron chi connectivity index (χ1n) is 3.01. The number of ether oxygens (including phenoxy) is 1. The first kappa shape index (κ1) is 14.1. The zero-order valence-corrected chi connectivity index (χ0v) is 10.6. The Morgan fingerprint density at radius 1 is 1.55 bits per heavy atom. The smallest absolute Gasteiger partial charge is 0.387 e. The van der Waals surface area contributed by atoms with Crippen molar-refractivity contribution in [1.82, 2.24) is 0 Å². The average molecular weight is 180 g/mol. The zero-order chi connectivity index (χ0) is 8.20. The molecule has 3 nitrogen and oxygen atoms in total. The van der Waals surface area contributed by atoms with Crippen LogP contribution >= 0.6 is 0 Å². The summed E-state index contributed by atoms with van der Waals surface area (Å²) in [6.45, 7) is 11.5. The van der Waals surface area contributed by atoms with Crippen LogP contribution in [0.5, 0.6) is 0 Å². The van der Waals surface area contributed by atoms with Crippen LogP contribution in [0.15, 0.2) is 0 Å². The van der Waals surface area contributed by atoms with E-state index in [1.807, 2.05) is 0 Å². The quantitative estimate of drug-likeness (QED) is 0.340. The minimum atomic E-state index is -0.470. The van der Waals surface area contributed by atoms with Gasteiger partial charge < -0.3 is 9.58 Å². The van der Waals surface area contributed by atoms with E-state index in [2.05, 4.69) is 4.85 Å². The molecule has 0 aromatic heterocycles. The Hall–Kier alpha value is 0.596. The normalized spacial score (nSPS) is 9.27. The Morgan fingerprint density at radius 3 is 2.27 bits per heavy atom. The van der Waals surface area contributed by atoms with Gasteiger partial charge in [0.25, 0.3) is 0 Å². The number of esters is 1. The van der Waals surface area contributed by atoms with Crippen molar-refractivity contribution in [2.45, 2.75) is 26.4 Å². The summed E-state index contributed by atoms with van der Waals surface area (Å²) in [5.41, 5.74) is -0.470. The maximum absolute atomic E-state index is 10.6. The molecule has 0 saturated heterocycles. The molecule has 0 amide bonds. The van der Waals surface area contributed by atoms with Gasteiger partial charge in [0.05, 0.1) is 0 Å². The van der Waals surface area contributed by atoms with Crippen molar-refractivity contribution in [2.24, 2.45) is 0 Å². The number of hydrogen-bond donors (Lipinski definition) is 0. The average Bonchev–Trinajstić information content (AvgIpc) is 1.59. The fourth-order valence-corrected chi connectivity index (χ4v) is 0.438. The monoisotopic (exact) mass is 180 g/mol. The van der Waals surface area contributed by atoms with Crippen molar-refractivity contribution in [3.05, 3.63) is 11.4 Å².